The predicted octanol–water partition coefficient (Wildman–Crippen LogP) is 4.39. The van der Waals surface area contributed by atoms with E-state index in [1.165, 1.54) is 24.8 Å². The van der Waals surface area contributed by atoms with E-state index in [0.29, 0.717) is 5.75 Å². The van der Waals surface area contributed by atoms with Gasteiger partial charge < -0.3 is 5.11 Å². The number of rotatable bonds is 6. The van der Waals surface area contributed by atoms with Crippen molar-refractivity contribution in [1.29, 1.82) is 0 Å². The van der Waals surface area contributed by atoms with Gasteiger partial charge in [0.2, 0.25) is 0 Å². The fourth-order valence-corrected chi connectivity index (χ4v) is 2.02. The molecule has 90 valence electrons. The minimum absolute atomic E-state index is 0.508. The van der Waals surface area contributed by atoms with Crippen molar-refractivity contribution in [2.45, 2.75) is 59.3 Å². The number of aromatic hydroxyl groups is 1. The molecule has 0 fully saturated rings. The summed E-state index contributed by atoms with van der Waals surface area (Å²) >= 11 is 0. The molecule has 0 unspecified atom stereocenters. The van der Waals surface area contributed by atoms with Gasteiger partial charge in [0.05, 0.1) is 0 Å². The van der Waals surface area contributed by atoms with Crippen LogP contribution in [0.25, 0.3) is 0 Å². The van der Waals surface area contributed by atoms with Gasteiger partial charge in [0.15, 0.2) is 0 Å². The van der Waals surface area contributed by atoms with E-state index in [4.69, 9.17) is 0 Å². The van der Waals surface area contributed by atoms with Crippen LogP contribution in [0.2, 0.25) is 0 Å². The number of hydrogen-bond acceptors (Lipinski definition) is 1. The zero-order valence-corrected chi connectivity index (χ0v) is 10.8. The molecule has 1 heteroatoms. The van der Waals surface area contributed by atoms with Gasteiger partial charge in [-0.1, -0.05) is 38.8 Å². The fraction of sp³-hybridized carbons (Fsp3) is 0.600. The highest BCUT2D eigenvalue weighted by molar-refractivity contribution is 5.43. The zero-order valence-electron chi connectivity index (χ0n) is 10.8. The largest absolute Gasteiger partial charge is 0.507 e. The average Bonchev–Trinajstić information content (AvgIpc) is 2.28. The molecule has 0 aliphatic carbocycles. The minimum atomic E-state index is 0.508. The maximum absolute atomic E-state index is 9.97. The Morgan fingerprint density at radius 3 is 2.25 bits per heavy atom. The van der Waals surface area contributed by atoms with Gasteiger partial charge in [-0.05, 0) is 49.3 Å². The first-order valence-corrected chi connectivity index (χ1v) is 6.50. The van der Waals surface area contributed by atoms with Gasteiger partial charge in [-0.25, -0.2) is 0 Å². The summed E-state index contributed by atoms with van der Waals surface area (Å²) < 4.78 is 0. The number of benzene rings is 1. The molecule has 16 heavy (non-hydrogen) atoms. The summed E-state index contributed by atoms with van der Waals surface area (Å²) in [6.45, 7) is 6.40. The molecule has 0 spiro atoms. The fourth-order valence-electron chi connectivity index (χ4n) is 2.02. The molecule has 0 radical (unpaired) electrons. The SMILES string of the molecule is CCCCc1cc(C)c(O)c(CCCC)c1. The van der Waals surface area contributed by atoms with Gasteiger partial charge in [-0.3, -0.25) is 0 Å². The maximum atomic E-state index is 9.97. The minimum Gasteiger partial charge on any atom is -0.507 e. The standard InChI is InChI=1S/C15H24O/c1-4-6-8-13-10-12(3)15(16)14(11-13)9-7-5-2/h10-11,16H,4-9H2,1-3H3. The Bertz CT molecular complexity index is 328. The smallest absolute Gasteiger partial charge is 0.121 e. The first-order chi connectivity index (χ1) is 7.69. The predicted molar refractivity (Wildman–Crippen MR) is 70.1 cm³/mol. The molecule has 1 nitrogen and oxygen atoms in total. The van der Waals surface area contributed by atoms with Gasteiger partial charge >= 0.3 is 0 Å². The lowest BCUT2D eigenvalue weighted by Crippen LogP contribution is -1.93. The van der Waals surface area contributed by atoms with Crippen LogP contribution in [0.15, 0.2) is 12.1 Å². The zero-order chi connectivity index (χ0) is 12.0. The summed E-state index contributed by atoms with van der Waals surface area (Å²) in [5.74, 6) is 0.508. The maximum Gasteiger partial charge on any atom is 0.121 e. The van der Waals surface area contributed by atoms with E-state index in [9.17, 15) is 5.11 Å². The second-order valence-corrected chi connectivity index (χ2v) is 4.63. The summed E-state index contributed by atoms with van der Waals surface area (Å²) in [6.07, 6.45) is 6.93. The van der Waals surface area contributed by atoms with Gasteiger partial charge in [0.1, 0.15) is 5.75 Å². The Kier molecular flexibility index (Phi) is 5.37. The van der Waals surface area contributed by atoms with Crippen molar-refractivity contribution in [3.63, 3.8) is 0 Å². The quantitative estimate of drug-likeness (QED) is 0.754. The molecule has 1 aromatic carbocycles. The Labute approximate surface area is 99.5 Å². The third-order valence-corrected chi connectivity index (χ3v) is 3.06. The van der Waals surface area contributed by atoms with E-state index in [-0.39, 0.29) is 0 Å². The molecule has 0 heterocycles. The summed E-state index contributed by atoms with van der Waals surface area (Å²) in [5, 5.41) is 9.97. The van der Waals surface area contributed by atoms with E-state index in [2.05, 4.69) is 26.0 Å². The summed E-state index contributed by atoms with van der Waals surface area (Å²) in [6, 6.07) is 4.31. The van der Waals surface area contributed by atoms with E-state index in [1.54, 1.807) is 0 Å². The van der Waals surface area contributed by atoms with Gasteiger partial charge in [0, 0.05) is 0 Å². The molecule has 0 bridgehead atoms. The molecule has 0 saturated carbocycles. The molecule has 0 aliphatic rings. The molecular weight excluding hydrogens is 196 g/mol. The Morgan fingerprint density at radius 1 is 1.00 bits per heavy atom. The Hall–Kier alpha value is -0.980. The number of unbranched alkanes of at least 4 members (excludes halogenated alkanes) is 2. The highest BCUT2D eigenvalue weighted by atomic mass is 16.3. The van der Waals surface area contributed by atoms with Crippen molar-refractivity contribution in [1.82, 2.24) is 0 Å². The monoisotopic (exact) mass is 220 g/mol. The van der Waals surface area contributed by atoms with Gasteiger partial charge in [0.25, 0.3) is 0 Å². The lowest BCUT2D eigenvalue weighted by atomic mass is 9.98. The summed E-state index contributed by atoms with van der Waals surface area (Å²) in [4.78, 5) is 0. The third kappa shape index (κ3) is 3.55. The van der Waals surface area contributed by atoms with Crippen LogP contribution >= 0.6 is 0 Å². The van der Waals surface area contributed by atoms with Gasteiger partial charge in [-0.2, -0.15) is 0 Å². The van der Waals surface area contributed by atoms with Crippen LogP contribution in [-0.4, -0.2) is 5.11 Å². The topological polar surface area (TPSA) is 20.2 Å². The lowest BCUT2D eigenvalue weighted by Gasteiger charge is -2.10. The number of aryl methyl sites for hydroxylation is 3. The number of phenolic OH excluding ortho intramolecular Hbond substituents is 1. The Morgan fingerprint density at radius 2 is 1.62 bits per heavy atom. The molecule has 0 saturated heterocycles. The van der Waals surface area contributed by atoms with Crippen molar-refractivity contribution in [2.75, 3.05) is 0 Å². The van der Waals surface area contributed by atoms with Crippen LogP contribution in [0.3, 0.4) is 0 Å². The molecule has 0 atom stereocenters. The molecule has 1 N–H and O–H groups in total. The Balaban J connectivity index is 2.83. The van der Waals surface area contributed by atoms with Crippen molar-refractivity contribution in [3.8, 4) is 5.75 Å². The lowest BCUT2D eigenvalue weighted by molar-refractivity contribution is 0.462. The molecule has 1 rings (SSSR count). The van der Waals surface area contributed by atoms with E-state index in [1.807, 2.05) is 6.92 Å². The van der Waals surface area contributed by atoms with Gasteiger partial charge in [-0.15, -0.1) is 0 Å². The summed E-state index contributed by atoms with van der Waals surface area (Å²) in [5.41, 5.74) is 3.54. The van der Waals surface area contributed by atoms with Crippen molar-refractivity contribution in [3.05, 3.63) is 28.8 Å². The summed E-state index contributed by atoms with van der Waals surface area (Å²) in [7, 11) is 0. The molecule has 0 aliphatic heterocycles. The van der Waals surface area contributed by atoms with Crippen molar-refractivity contribution >= 4 is 0 Å². The van der Waals surface area contributed by atoms with Crippen molar-refractivity contribution < 1.29 is 5.11 Å². The van der Waals surface area contributed by atoms with E-state index >= 15 is 0 Å². The highest BCUT2D eigenvalue weighted by Gasteiger charge is 2.06. The second-order valence-electron chi connectivity index (χ2n) is 4.63. The average molecular weight is 220 g/mol. The van der Waals surface area contributed by atoms with Crippen LogP contribution in [0, 0.1) is 6.92 Å². The number of phenols is 1. The highest BCUT2D eigenvalue weighted by Crippen LogP contribution is 2.26. The third-order valence-electron chi connectivity index (χ3n) is 3.06. The first-order valence-electron chi connectivity index (χ1n) is 6.50. The normalized spacial score (nSPS) is 10.7. The van der Waals surface area contributed by atoms with E-state index in [0.717, 1.165) is 30.4 Å². The van der Waals surface area contributed by atoms with Crippen LogP contribution < -0.4 is 0 Å². The first kappa shape index (κ1) is 13.1. The number of hydrogen-bond donors (Lipinski definition) is 1. The van der Waals surface area contributed by atoms with Crippen molar-refractivity contribution in [2.24, 2.45) is 0 Å². The molecule has 0 aromatic heterocycles. The van der Waals surface area contributed by atoms with Crippen LogP contribution in [0.1, 0.15) is 56.2 Å². The van der Waals surface area contributed by atoms with Crippen LogP contribution in [0.4, 0.5) is 0 Å². The molecule has 0 amide bonds. The van der Waals surface area contributed by atoms with E-state index < -0.39 is 0 Å². The van der Waals surface area contributed by atoms with Crippen LogP contribution in [-0.2, 0) is 12.8 Å². The van der Waals surface area contributed by atoms with Crippen LogP contribution in [0.5, 0.6) is 5.75 Å². The molecule has 1 aromatic rings. The molecular formula is C15H24O. The second kappa shape index (κ2) is 6.57.